The maximum Gasteiger partial charge on any atom is 0.335 e. The lowest BCUT2D eigenvalue weighted by molar-refractivity contribution is 0.0697. The topological polar surface area (TPSA) is 83.0 Å². The number of hydrogen-bond acceptors (Lipinski definition) is 3. The first kappa shape index (κ1) is 9.39. The number of aromatic carboxylic acids is 1. The van der Waals surface area contributed by atoms with E-state index in [1.165, 1.54) is 12.1 Å². The van der Waals surface area contributed by atoms with Crippen molar-refractivity contribution in [3.63, 3.8) is 0 Å². The van der Waals surface area contributed by atoms with E-state index in [2.05, 4.69) is 10.2 Å². The number of carboxylic acid groups (broad SMARTS) is 1. The minimum absolute atomic E-state index is 0.108. The van der Waals surface area contributed by atoms with Crippen molar-refractivity contribution in [1.82, 2.24) is 10.2 Å². The number of fused-ring (bicyclic) bond motifs is 1. The van der Waals surface area contributed by atoms with Crippen LogP contribution >= 0.6 is 0 Å². The van der Waals surface area contributed by atoms with Gasteiger partial charge in [-0.2, -0.15) is 5.10 Å². The zero-order valence-corrected chi connectivity index (χ0v) is 7.94. The second kappa shape index (κ2) is 3.20. The molecule has 0 radical (unpaired) electrons. The zero-order chi connectivity index (χ0) is 11.0. The van der Waals surface area contributed by atoms with E-state index in [9.17, 15) is 9.59 Å². The van der Waals surface area contributed by atoms with Crippen LogP contribution in [0.5, 0.6) is 0 Å². The largest absolute Gasteiger partial charge is 0.478 e. The van der Waals surface area contributed by atoms with E-state index in [0.717, 1.165) is 6.20 Å². The first-order valence-corrected chi connectivity index (χ1v) is 4.31. The Morgan fingerprint density at radius 3 is 2.87 bits per heavy atom. The Morgan fingerprint density at radius 2 is 2.20 bits per heavy atom. The molecule has 0 aliphatic rings. The van der Waals surface area contributed by atoms with Crippen LogP contribution in [-0.4, -0.2) is 21.3 Å². The van der Waals surface area contributed by atoms with Gasteiger partial charge in [0, 0.05) is 5.39 Å². The average molecular weight is 204 g/mol. The number of H-pyrrole nitrogens is 1. The average Bonchev–Trinajstić information content (AvgIpc) is 2.19. The van der Waals surface area contributed by atoms with Gasteiger partial charge in [0.2, 0.25) is 5.43 Å². The van der Waals surface area contributed by atoms with Gasteiger partial charge < -0.3 is 5.11 Å². The lowest BCUT2D eigenvalue weighted by atomic mass is 10.1. The van der Waals surface area contributed by atoms with Crippen molar-refractivity contribution in [2.75, 3.05) is 0 Å². The number of aromatic amines is 1. The van der Waals surface area contributed by atoms with Crippen LogP contribution in [0.25, 0.3) is 10.9 Å². The molecule has 0 amide bonds. The summed E-state index contributed by atoms with van der Waals surface area (Å²) >= 11 is 0. The first-order chi connectivity index (χ1) is 7.09. The number of aryl methyl sites for hydroxylation is 1. The van der Waals surface area contributed by atoms with Crippen LogP contribution in [0.4, 0.5) is 0 Å². The Bertz CT molecular complexity index is 601. The van der Waals surface area contributed by atoms with E-state index >= 15 is 0 Å². The van der Waals surface area contributed by atoms with E-state index in [1.54, 1.807) is 6.92 Å². The molecule has 0 bridgehead atoms. The standard InChI is InChI=1S/C10H8N2O3/c1-5-2-6(10(14)15)3-7-8(13)4-11-12-9(5)7/h2-4H,1H3,(H,12,13)(H,14,15). The number of aromatic nitrogens is 2. The highest BCUT2D eigenvalue weighted by Crippen LogP contribution is 2.14. The van der Waals surface area contributed by atoms with Crippen molar-refractivity contribution in [2.24, 2.45) is 0 Å². The van der Waals surface area contributed by atoms with Crippen LogP contribution in [-0.2, 0) is 0 Å². The van der Waals surface area contributed by atoms with Crippen molar-refractivity contribution in [3.05, 3.63) is 39.7 Å². The third kappa shape index (κ3) is 1.48. The summed E-state index contributed by atoms with van der Waals surface area (Å²) in [5, 5.41) is 15.5. The number of nitrogens with one attached hydrogen (secondary N) is 1. The number of nitrogens with zero attached hydrogens (tertiary/aromatic N) is 1. The van der Waals surface area contributed by atoms with E-state index in [1.807, 2.05) is 0 Å². The van der Waals surface area contributed by atoms with Gasteiger partial charge >= 0.3 is 5.97 Å². The minimum atomic E-state index is -1.05. The van der Waals surface area contributed by atoms with E-state index in [-0.39, 0.29) is 11.0 Å². The Balaban J connectivity index is 2.92. The fourth-order valence-corrected chi connectivity index (χ4v) is 1.48. The summed E-state index contributed by atoms with van der Waals surface area (Å²) in [5.74, 6) is -1.05. The van der Waals surface area contributed by atoms with Gasteiger partial charge in [-0.3, -0.25) is 9.89 Å². The molecule has 0 spiro atoms. The molecular weight excluding hydrogens is 196 g/mol. The van der Waals surface area contributed by atoms with Gasteiger partial charge in [0.25, 0.3) is 0 Å². The molecule has 5 heteroatoms. The van der Waals surface area contributed by atoms with E-state index < -0.39 is 5.97 Å². The molecule has 0 aliphatic carbocycles. The summed E-state index contributed by atoms with van der Waals surface area (Å²) in [7, 11) is 0. The first-order valence-electron chi connectivity index (χ1n) is 4.31. The van der Waals surface area contributed by atoms with Gasteiger partial charge in [0.05, 0.1) is 17.3 Å². The number of hydrogen-bond donors (Lipinski definition) is 2. The highest BCUT2D eigenvalue weighted by molar-refractivity contribution is 5.94. The van der Waals surface area contributed by atoms with E-state index in [0.29, 0.717) is 16.5 Å². The molecule has 76 valence electrons. The van der Waals surface area contributed by atoms with Gasteiger partial charge in [-0.15, -0.1) is 0 Å². The lowest BCUT2D eigenvalue weighted by Crippen LogP contribution is -2.06. The molecule has 0 unspecified atom stereocenters. The molecule has 2 rings (SSSR count). The number of benzene rings is 1. The van der Waals surface area contributed by atoms with Gasteiger partial charge in [-0.05, 0) is 24.6 Å². The minimum Gasteiger partial charge on any atom is -0.478 e. The van der Waals surface area contributed by atoms with Gasteiger partial charge in [-0.25, -0.2) is 4.79 Å². The fraction of sp³-hybridized carbons (Fsp3) is 0.100. The monoisotopic (exact) mass is 204 g/mol. The molecule has 5 nitrogen and oxygen atoms in total. The Labute approximate surface area is 84.4 Å². The molecule has 0 fully saturated rings. The van der Waals surface area contributed by atoms with Crippen LogP contribution in [0.1, 0.15) is 15.9 Å². The molecule has 2 aromatic rings. The SMILES string of the molecule is Cc1cc(C(=O)O)cc2c(=O)cn[nH]c12. The smallest absolute Gasteiger partial charge is 0.335 e. The van der Waals surface area contributed by atoms with E-state index in [4.69, 9.17) is 5.11 Å². The summed E-state index contributed by atoms with van der Waals surface area (Å²) in [6.45, 7) is 1.73. The molecule has 0 saturated heterocycles. The quantitative estimate of drug-likeness (QED) is 0.723. The van der Waals surface area contributed by atoms with Gasteiger partial charge in [-0.1, -0.05) is 0 Å². The van der Waals surface area contributed by atoms with Crippen LogP contribution in [0.2, 0.25) is 0 Å². The Hall–Kier alpha value is -2.17. The summed E-state index contributed by atoms with van der Waals surface area (Å²) in [4.78, 5) is 22.2. The summed E-state index contributed by atoms with van der Waals surface area (Å²) in [6.07, 6.45) is 1.13. The van der Waals surface area contributed by atoms with Crippen molar-refractivity contribution < 1.29 is 9.90 Å². The van der Waals surface area contributed by atoms with Crippen molar-refractivity contribution >= 4 is 16.9 Å². The van der Waals surface area contributed by atoms with Crippen molar-refractivity contribution in [2.45, 2.75) is 6.92 Å². The zero-order valence-electron chi connectivity index (χ0n) is 7.94. The molecule has 2 N–H and O–H groups in total. The molecular formula is C10H8N2O3. The maximum absolute atomic E-state index is 11.4. The molecule has 0 saturated carbocycles. The lowest BCUT2D eigenvalue weighted by Gasteiger charge is -2.02. The Kier molecular flexibility index (Phi) is 2.00. The number of carboxylic acids is 1. The molecule has 15 heavy (non-hydrogen) atoms. The van der Waals surface area contributed by atoms with Crippen LogP contribution in [0.3, 0.4) is 0 Å². The molecule has 0 aliphatic heterocycles. The summed E-state index contributed by atoms with van der Waals surface area (Å²) in [5.41, 5.74) is 1.09. The highest BCUT2D eigenvalue weighted by Gasteiger charge is 2.08. The van der Waals surface area contributed by atoms with Crippen molar-refractivity contribution in [3.8, 4) is 0 Å². The fourth-order valence-electron chi connectivity index (χ4n) is 1.48. The van der Waals surface area contributed by atoms with Crippen molar-refractivity contribution in [1.29, 1.82) is 0 Å². The van der Waals surface area contributed by atoms with Gasteiger partial charge in [0.1, 0.15) is 0 Å². The molecule has 1 aromatic heterocycles. The second-order valence-corrected chi connectivity index (χ2v) is 3.26. The highest BCUT2D eigenvalue weighted by atomic mass is 16.4. The van der Waals surface area contributed by atoms with Crippen LogP contribution in [0.15, 0.2) is 23.1 Å². The number of rotatable bonds is 1. The number of carbonyl (C=O) groups is 1. The normalized spacial score (nSPS) is 10.5. The van der Waals surface area contributed by atoms with Crippen LogP contribution in [0, 0.1) is 6.92 Å². The maximum atomic E-state index is 11.4. The van der Waals surface area contributed by atoms with Crippen LogP contribution < -0.4 is 5.43 Å². The summed E-state index contributed by atoms with van der Waals surface area (Å²) in [6, 6.07) is 2.85. The van der Waals surface area contributed by atoms with Gasteiger partial charge in [0.15, 0.2) is 0 Å². The predicted octanol–water partition coefficient (Wildman–Crippen LogP) is 0.930. The third-order valence-corrected chi connectivity index (χ3v) is 2.21. The molecule has 1 aromatic carbocycles. The second-order valence-electron chi connectivity index (χ2n) is 3.26. The predicted molar refractivity (Wildman–Crippen MR) is 54.1 cm³/mol. The molecule has 0 atom stereocenters. The summed E-state index contributed by atoms with van der Waals surface area (Å²) < 4.78 is 0. The molecule has 1 heterocycles. The Morgan fingerprint density at radius 1 is 1.47 bits per heavy atom. The third-order valence-electron chi connectivity index (χ3n) is 2.21.